The van der Waals surface area contributed by atoms with Crippen molar-refractivity contribution in [3.8, 4) is 5.75 Å². The molecule has 0 fully saturated rings. The highest BCUT2D eigenvalue weighted by Crippen LogP contribution is 2.31. The number of benzene rings is 1. The Morgan fingerprint density at radius 1 is 1.32 bits per heavy atom. The number of hydrogen-bond acceptors (Lipinski definition) is 5. The minimum absolute atomic E-state index is 0.158. The highest BCUT2D eigenvalue weighted by Gasteiger charge is 2.25. The third-order valence-electron chi connectivity index (χ3n) is 3.30. The molecule has 2 heterocycles. The van der Waals surface area contributed by atoms with Gasteiger partial charge in [0.2, 0.25) is 11.8 Å². The molecule has 100 valence electrons. The molecule has 0 amide bonds. The van der Waals surface area contributed by atoms with Gasteiger partial charge >= 0.3 is 0 Å². The van der Waals surface area contributed by atoms with Crippen molar-refractivity contribution in [1.82, 2.24) is 15.5 Å². The van der Waals surface area contributed by atoms with Crippen LogP contribution in [0.2, 0.25) is 0 Å². The van der Waals surface area contributed by atoms with Gasteiger partial charge in [-0.25, -0.2) is 0 Å². The number of rotatable bonds is 4. The van der Waals surface area contributed by atoms with Gasteiger partial charge in [0.15, 0.2) is 0 Å². The van der Waals surface area contributed by atoms with Crippen molar-refractivity contribution in [2.75, 3.05) is 20.2 Å². The van der Waals surface area contributed by atoms with Gasteiger partial charge in [0.25, 0.3) is 0 Å². The molecule has 1 N–H and O–H groups in total. The molecule has 5 heteroatoms. The lowest BCUT2D eigenvalue weighted by Gasteiger charge is -2.22. The third kappa shape index (κ3) is 2.61. The van der Waals surface area contributed by atoms with E-state index in [2.05, 4.69) is 21.6 Å². The van der Waals surface area contributed by atoms with Crippen LogP contribution in [-0.2, 0) is 12.8 Å². The van der Waals surface area contributed by atoms with Gasteiger partial charge in [0, 0.05) is 13.0 Å². The molecule has 5 nitrogen and oxygen atoms in total. The first kappa shape index (κ1) is 12.2. The van der Waals surface area contributed by atoms with Crippen molar-refractivity contribution in [3.05, 3.63) is 41.6 Å². The van der Waals surface area contributed by atoms with Crippen LogP contribution in [0, 0.1) is 0 Å². The largest absolute Gasteiger partial charge is 0.492 e. The van der Waals surface area contributed by atoms with Crippen molar-refractivity contribution in [1.29, 1.82) is 0 Å². The van der Waals surface area contributed by atoms with E-state index in [1.165, 1.54) is 5.56 Å². The maximum absolute atomic E-state index is 5.74. The third-order valence-corrected chi connectivity index (χ3v) is 3.30. The molecular formula is C14H17N3O2. The van der Waals surface area contributed by atoms with Crippen molar-refractivity contribution in [2.24, 2.45) is 0 Å². The first-order valence-electron chi connectivity index (χ1n) is 6.54. The summed E-state index contributed by atoms with van der Waals surface area (Å²) in [5.41, 5.74) is 1.20. The van der Waals surface area contributed by atoms with Crippen LogP contribution in [-0.4, -0.2) is 30.4 Å². The summed E-state index contributed by atoms with van der Waals surface area (Å²) in [6.07, 6.45) is 1.65. The van der Waals surface area contributed by atoms with Crippen molar-refractivity contribution in [3.63, 3.8) is 0 Å². The number of para-hydroxylation sites is 1. The van der Waals surface area contributed by atoms with Crippen LogP contribution in [0.5, 0.6) is 5.75 Å². The smallest absolute Gasteiger partial charge is 0.223 e. The van der Waals surface area contributed by atoms with E-state index in [4.69, 9.17) is 9.15 Å². The molecular weight excluding hydrogens is 242 g/mol. The number of nitrogens with zero attached hydrogens (tertiary/aromatic N) is 2. The quantitative estimate of drug-likeness (QED) is 0.902. The second kappa shape index (κ2) is 5.40. The highest BCUT2D eigenvalue weighted by atomic mass is 16.5. The molecule has 19 heavy (non-hydrogen) atoms. The molecule has 1 aliphatic heterocycles. The Morgan fingerprint density at radius 2 is 2.21 bits per heavy atom. The first-order valence-corrected chi connectivity index (χ1v) is 6.54. The number of aromatic nitrogens is 2. The lowest BCUT2D eigenvalue weighted by atomic mass is 9.97. The SMILES string of the molecule is CNCCc1nnc(C2COc3ccccc3C2)o1. The molecule has 1 atom stereocenters. The van der Waals surface area contributed by atoms with Gasteiger partial charge < -0.3 is 14.5 Å². The monoisotopic (exact) mass is 259 g/mol. The van der Waals surface area contributed by atoms with Gasteiger partial charge in [-0.2, -0.15) is 0 Å². The topological polar surface area (TPSA) is 60.2 Å². The van der Waals surface area contributed by atoms with Crippen LogP contribution < -0.4 is 10.1 Å². The molecule has 0 saturated heterocycles. The predicted octanol–water partition coefficient (Wildman–Crippen LogP) is 1.55. The summed E-state index contributed by atoms with van der Waals surface area (Å²) in [4.78, 5) is 0. The zero-order chi connectivity index (χ0) is 13.1. The Balaban J connectivity index is 1.72. The maximum atomic E-state index is 5.74. The van der Waals surface area contributed by atoms with Gasteiger partial charge in [-0.3, -0.25) is 0 Å². The van der Waals surface area contributed by atoms with Crippen LogP contribution in [0.3, 0.4) is 0 Å². The van der Waals surface area contributed by atoms with Crippen molar-refractivity contribution in [2.45, 2.75) is 18.8 Å². The Morgan fingerprint density at radius 3 is 3.11 bits per heavy atom. The second-order valence-electron chi connectivity index (χ2n) is 4.71. The van der Waals surface area contributed by atoms with E-state index in [0.29, 0.717) is 18.4 Å². The minimum Gasteiger partial charge on any atom is -0.492 e. The number of hydrogen-bond donors (Lipinski definition) is 1. The fourth-order valence-corrected chi connectivity index (χ4v) is 2.25. The summed E-state index contributed by atoms with van der Waals surface area (Å²) < 4.78 is 11.4. The van der Waals surface area contributed by atoms with Crippen LogP contribution in [0.1, 0.15) is 23.3 Å². The van der Waals surface area contributed by atoms with Crippen molar-refractivity contribution >= 4 is 0 Å². The van der Waals surface area contributed by atoms with Gasteiger partial charge in [0.1, 0.15) is 12.4 Å². The van der Waals surface area contributed by atoms with E-state index < -0.39 is 0 Å². The molecule has 0 saturated carbocycles. The summed E-state index contributed by atoms with van der Waals surface area (Å²) >= 11 is 0. The molecule has 1 aromatic heterocycles. The second-order valence-corrected chi connectivity index (χ2v) is 4.71. The molecule has 0 radical (unpaired) electrons. The lowest BCUT2D eigenvalue weighted by Crippen LogP contribution is -2.19. The maximum Gasteiger partial charge on any atom is 0.223 e. The van der Waals surface area contributed by atoms with Gasteiger partial charge in [-0.1, -0.05) is 18.2 Å². The van der Waals surface area contributed by atoms with E-state index in [-0.39, 0.29) is 5.92 Å². The molecule has 0 bridgehead atoms. The number of nitrogens with one attached hydrogen (secondary N) is 1. The van der Waals surface area contributed by atoms with Gasteiger partial charge in [0.05, 0.1) is 5.92 Å². The predicted molar refractivity (Wildman–Crippen MR) is 70.3 cm³/mol. The highest BCUT2D eigenvalue weighted by molar-refractivity contribution is 5.36. The molecule has 2 aromatic rings. The molecule has 3 rings (SSSR count). The van der Waals surface area contributed by atoms with E-state index in [9.17, 15) is 0 Å². The fraction of sp³-hybridized carbons (Fsp3) is 0.429. The Kier molecular flexibility index (Phi) is 3.46. The summed E-state index contributed by atoms with van der Waals surface area (Å²) in [6, 6.07) is 8.09. The molecule has 0 aliphatic carbocycles. The van der Waals surface area contributed by atoms with E-state index in [1.54, 1.807) is 0 Å². The number of likely N-dealkylation sites (N-methyl/N-ethyl adjacent to an activating group) is 1. The van der Waals surface area contributed by atoms with Gasteiger partial charge in [-0.05, 0) is 25.1 Å². The van der Waals surface area contributed by atoms with Crippen LogP contribution >= 0.6 is 0 Å². The lowest BCUT2D eigenvalue weighted by molar-refractivity contribution is 0.239. The first-order chi connectivity index (χ1) is 9.36. The van der Waals surface area contributed by atoms with E-state index in [1.807, 2.05) is 25.2 Å². The van der Waals surface area contributed by atoms with Crippen LogP contribution in [0.15, 0.2) is 28.7 Å². The standard InChI is InChI=1S/C14H17N3O2/c1-15-7-6-13-16-17-14(19-13)11-8-10-4-2-3-5-12(10)18-9-11/h2-5,11,15H,6-9H2,1H3. The Hall–Kier alpha value is -1.88. The van der Waals surface area contributed by atoms with E-state index in [0.717, 1.165) is 25.1 Å². The molecule has 1 aromatic carbocycles. The number of ether oxygens (including phenoxy) is 1. The Bertz CT molecular complexity index is 553. The summed E-state index contributed by atoms with van der Waals surface area (Å²) in [5, 5.41) is 11.3. The normalized spacial score (nSPS) is 17.8. The van der Waals surface area contributed by atoms with Crippen LogP contribution in [0.4, 0.5) is 0 Å². The van der Waals surface area contributed by atoms with E-state index >= 15 is 0 Å². The average molecular weight is 259 g/mol. The molecule has 0 spiro atoms. The number of fused-ring (bicyclic) bond motifs is 1. The summed E-state index contributed by atoms with van der Waals surface area (Å²) in [5.74, 6) is 2.49. The summed E-state index contributed by atoms with van der Waals surface area (Å²) in [7, 11) is 1.91. The van der Waals surface area contributed by atoms with Crippen LogP contribution in [0.25, 0.3) is 0 Å². The average Bonchev–Trinajstić information content (AvgIpc) is 2.93. The zero-order valence-corrected chi connectivity index (χ0v) is 10.9. The molecule has 1 unspecified atom stereocenters. The molecule has 1 aliphatic rings. The zero-order valence-electron chi connectivity index (χ0n) is 10.9. The minimum atomic E-state index is 0.158. The van der Waals surface area contributed by atoms with Crippen molar-refractivity contribution < 1.29 is 9.15 Å². The summed E-state index contributed by atoms with van der Waals surface area (Å²) in [6.45, 7) is 1.44. The fourth-order valence-electron chi connectivity index (χ4n) is 2.25. The Labute approximate surface area is 112 Å². The van der Waals surface area contributed by atoms with Gasteiger partial charge in [-0.15, -0.1) is 10.2 Å².